The van der Waals surface area contributed by atoms with Gasteiger partial charge in [0.05, 0.1) is 5.92 Å². The van der Waals surface area contributed by atoms with E-state index < -0.39 is 17.9 Å². The van der Waals surface area contributed by atoms with Crippen molar-refractivity contribution in [3.8, 4) is 5.75 Å². The zero-order chi connectivity index (χ0) is 21.5. The quantitative estimate of drug-likeness (QED) is 0.727. The van der Waals surface area contributed by atoms with Gasteiger partial charge in [0, 0.05) is 43.3 Å². The summed E-state index contributed by atoms with van der Waals surface area (Å²) in [5, 5.41) is 3.09. The number of anilines is 4. The SMILES string of the molecule is CN1C(=O)COc2cc(Nc3ccc(N4CCC(C(F)(F)F)CC4)cc3)cc(F)c21. The molecule has 2 aliphatic rings. The highest BCUT2D eigenvalue weighted by Crippen LogP contribution is 2.38. The molecule has 5 nitrogen and oxygen atoms in total. The van der Waals surface area contributed by atoms with Crippen molar-refractivity contribution in [1.29, 1.82) is 0 Å². The number of carbonyl (C=O) groups excluding carboxylic acids is 1. The van der Waals surface area contributed by atoms with Gasteiger partial charge in [0.25, 0.3) is 5.91 Å². The van der Waals surface area contributed by atoms with E-state index in [0.717, 1.165) is 5.69 Å². The van der Waals surface area contributed by atoms with E-state index in [2.05, 4.69) is 5.32 Å². The van der Waals surface area contributed by atoms with Crippen LogP contribution in [0.3, 0.4) is 0 Å². The fourth-order valence-electron chi connectivity index (χ4n) is 3.83. The van der Waals surface area contributed by atoms with Crippen LogP contribution in [-0.2, 0) is 4.79 Å². The average molecular weight is 423 g/mol. The van der Waals surface area contributed by atoms with E-state index in [1.807, 2.05) is 17.0 Å². The Hall–Kier alpha value is -2.97. The minimum atomic E-state index is -4.13. The molecule has 0 atom stereocenters. The first-order chi connectivity index (χ1) is 14.2. The van der Waals surface area contributed by atoms with Crippen LogP contribution in [0.15, 0.2) is 36.4 Å². The highest BCUT2D eigenvalue weighted by Gasteiger charge is 2.41. The van der Waals surface area contributed by atoms with Crippen LogP contribution in [0.5, 0.6) is 5.75 Å². The molecule has 2 aromatic rings. The van der Waals surface area contributed by atoms with Crippen molar-refractivity contribution in [2.75, 3.05) is 41.9 Å². The maximum absolute atomic E-state index is 14.5. The number of rotatable bonds is 3. The molecule has 0 bridgehead atoms. The first-order valence-corrected chi connectivity index (χ1v) is 9.64. The highest BCUT2D eigenvalue weighted by atomic mass is 19.4. The number of likely N-dealkylation sites (N-methyl/N-ethyl adjacent to an activating group) is 1. The van der Waals surface area contributed by atoms with Crippen molar-refractivity contribution in [2.45, 2.75) is 19.0 Å². The summed E-state index contributed by atoms with van der Waals surface area (Å²) in [4.78, 5) is 14.8. The van der Waals surface area contributed by atoms with Crippen molar-refractivity contribution in [3.63, 3.8) is 0 Å². The van der Waals surface area contributed by atoms with Gasteiger partial charge in [-0.15, -0.1) is 0 Å². The molecule has 160 valence electrons. The van der Waals surface area contributed by atoms with Crippen LogP contribution in [0.25, 0.3) is 0 Å². The third-order valence-electron chi connectivity index (χ3n) is 5.57. The van der Waals surface area contributed by atoms with E-state index in [4.69, 9.17) is 4.74 Å². The van der Waals surface area contributed by atoms with Gasteiger partial charge >= 0.3 is 6.18 Å². The normalized spacial score (nSPS) is 17.6. The van der Waals surface area contributed by atoms with Gasteiger partial charge in [0.15, 0.2) is 12.4 Å². The van der Waals surface area contributed by atoms with Crippen molar-refractivity contribution in [3.05, 3.63) is 42.2 Å². The predicted molar refractivity (Wildman–Crippen MR) is 106 cm³/mol. The lowest BCUT2D eigenvalue weighted by atomic mass is 9.96. The molecular formula is C21H21F4N3O2. The lowest BCUT2D eigenvalue weighted by molar-refractivity contribution is -0.179. The summed E-state index contributed by atoms with van der Waals surface area (Å²) in [6.45, 7) is 0.569. The van der Waals surface area contributed by atoms with Crippen molar-refractivity contribution < 1.29 is 27.1 Å². The topological polar surface area (TPSA) is 44.8 Å². The first kappa shape index (κ1) is 20.3. The molecule has 30 heavy (non-hydrogen) atoms. The fraction of sp³-hybridized carbons (Fsp3) is 0.381. The van der Waals surface area contributed by atoms with Gasteiger partial charge in [-0.05, 0) is 43.2 Å². The number of fused-ring (bicyclic) bond motifs is 1. The molecule has 0 saturated carbocycles. The van der Waals surface area contributed by atoms with Crippen molar-refractivity contribution >= 4 is 28.7 Å². The molecular weight excluding hydrogens is 402 g/mol. The summed E-state index contributed by atoms with van der Waals surface area (Å²) in [5.41, 5.74) is 2.12. The number of nitrogens with one attached hydrogen (secondary N) is 1. The summed E-state index contributed by atoms with van der Waals surface area (Å²) >= 11 is 0. The molecule has 2 heterocycles. The Morgan fingerprint density at radius 3 is 2.37 bits per heavy atom. The van der Waals surface area contributed by atoms with Crippen LogP contribution >= 0.6 is 0 Å². The third kappa shape index (κ3) is 4.01. The number of benzene rings is 2. The average Bonchev–Trinajstić information content (AvgIpc) is 2.71. The minimum Gasteiger partial charge on any atom is -0.481 e. The number of ether oxygens (including phenoxy) is 1. The second-order valence-corrected chi connectivity index (χ2v) is 7.52. The Bertz CT molecular complexity index is 939. The molecule has 1 saturated heterocycles. The highest BCUT2D eigenvalue weighted by molar-refractivity contribution is 5.98. The Kier molecular flexibility index (Phi) is 5.21. The monoisotopic (exact) mass is 423 g/mol. The molecule has 2 aromatic carbocycles. The Balaban J connectivity index is 1.43. The van der Waals surface area contributed by atoms with Crippen LogP contribution in [0, 0.1) is 11.7 Å². The maximum atomic E-state index is 14.5. The van der Waals surface area contributed by atoms with Gasteiger partial charge in [0.1, 0.15) is 11.4 Å². The lowest BCUT2D eigenvalue weighted by Crippen LogP contribution is -2.38. The number of amides is 1. The molecule has 0 radical (unpaired) electrons. The molecule has 0 aromatic heterocycles. The molecule has 0 unspecified atom stereocenters. The maximum Gasteiger partial charge on any atom is 0.391 e. The standard InChI is InChI=1S/C21H21F4N3O2/c1-27-19(29)12-30-18-11-15(10-17(22)20(18)27)26-14-2-4-16(5-3-14)28-8-6-13(7-9-28)21(23,24)25/h2-5,10-11,13,26H,6-9,12H2,1H3. The number of halogens is 4. The van der Waals surface area contributed by atoms with Crippen LogP contribution in [0.2, 0.25) is 0 Å². The largest absolute Gasteiger partial charge is 0.481 e. The van der Waals surface area contributed by atoms with Gasteiger partial charge in [-0.25, -0.2) is 4.39 Å². The van der Waals surface area contributed by atoms with Crippen molar-refractivity contribution in [2.24, 2.45) is 5.92 Å². The van der Waals surface area contributed by atoms with Gasteiger partial charge in [-0.1, -0.05) is 0 Å². The number of nitrogens with zero attached hydrogens (tertiary/aromatic N) is 2. The number of hydrogen-bond acceptors (Lipinski definition) is 4. The number of carbonyl (C=O) groups is 1. The molecule has 2 aliphatic heterocycles. The molecule has 1 fully saturated rings. The van der Waals surface area contributed by atoms with E-state index in [-0.39, 0.29) is 36.8 Å². The van der Waals surface area contributed by atoms with Crippen LogP contribution in [0.4, 0.5) is 40.3 Å². The third-order valence-corrected chi connectivity index (χ3v) is 5.57. The van der Waals surface area contributed by atoms with Gasteiger partial charge in [-0.3, -0.25) is 4.79 Å². The second-order valence-electron chi connectivity index (χ2n) is 7.52. The van der Waals surface area contributed by atoms with E-state index in [9.17, 15) is 22.4 Å². The number of alkyl halides is 3. The lowest BCUT2D eigenvalue weighted by Gasteiger charge is -2.34. The van der Waals surface area contributed by atoms with Crippen LogP contribution in [-0.4, -0.2) is 38.8 Å². The molecule has 1 N–H and O–H groups in total. The summed E-state index contributed by atoms with van der Waals surface area (Å²) in [6, 6.07) is 10.1. The van der Waals surface area contributed by atoms with Gasteiger partial charge in [-0.2, -0.15) is 13.2 Å². The Labute approximate surface area is 171 Å². The molecule has 9 heteroatoms. The minimum absolute atomic E-state index is 0.0921. The zero-order valence-electron chi connectivity index (χ0n) is 16.3. The number of hydrogen-bond donors (Lipinski definition) is 1. The predicted octanol–water partition coefficient (Wildman–Crippen LogP) is 4.70. The summed E-state index contributed by atoms with van der Waals surface area (Å²) in [5.74, 6) is -1.85. The fourth-order valence-corrected chi connectivity index (χ4v) is 3.83. The van der Waals surface area contributed by atoms with Crippen molar-refractivity contribution in [1.82, 2.24) is 0 Å². The van der Waals surface area contributed by atoms with Crippen LogP contribution < -0.4 is 19.9 Å². The summed E-state index contributed by atoms with van der Waals surface area (Å²) in [6.07, 6.45) is -3.94. The second kappa shape index (κ2) is 7.70. The summed E-state index contributed by atoms with van der Waals surface area (Å²) < 4.78 is 58.3. The van der Waals surface area contributed by atoms with Gasteiger partial charge < -0.3 is 19.9 Å². The smallest absolute Gasteiger partial charge is 0.391 e. The van der Waals surface area contributed by atoms with Crippen LogP contribution in [0.1, 0.15) is 12.8 Å². The van der Waals surface area contributed by atoms with E-state index in [1.54, 1.807) is 18.2 Å². The molecule has 0 spiro atoms. The Morgan fingerprint density at radius 1 is 1.07 bits per heavy atom. The number of piperidine rings is 1. The molecule has 0 aliphatic carbocycles. The Morgan fingerprint density at radius 2 is 1.73 bits per heavy atom. The zero-order valence-corrected chi connectivity index (χ0v) is 16.3. The molecule has 4 rings (SSSR count). The van der Waals surface area contributed by atoms with E-state index in [1.165, 1.54) is 18.0 Å². The summed E-state index contributed by atoms with van der Waals surface area (Å²) in [7, 11) is 1.50. The first-order valence-electron chi connectivity index (χ1n) is 9.64. The van der Waals surface area contributed by atoms with E-state index in [0.29, 0.717) is 24.5 Å². The van der Waals surface area contributed by atoms with E-state index >= 15 is 0 Å². The van der Waals surface area contributed by atoms with Gasteiger partial charge in [0.2, 0.25) is 0 Å². The molecule has 1 amide bonds.